The van der Waals surface area contributed by atoms with Crippen molar-refractivity contribution in [3.63, 3.8) is 0 Å². The molecule has 0 spiro atoms. The summed E-state index contributed by atoms with van der Waals surface area (Å²) >= 11 is 1.09. The minimum absolute atomic E-state index is 0.0498. The van der Waals surface area contributed by atoms with E-state index in [1.807, 2.05) is 6.07 Å². The van der Waals surface area contributed by atoms with Gasteiger partial charge in [-0.2, -0.15) is 5.26 Å². The number of nitrogens with zero attached hydrogens (tertiary/aromatic N) is 3. The van der Waals surface area contributed by atoms with Crippen LogP contribution in [-0.4, -0.2) is 49.8 Å². The molecular weight excluding hydrogens is 466 g/mol. The summed E-state index contributed by atoms with van der Waals surface area (Å²) in [7, 11) is 4.58. The first-order valence-electron chi connectivity index (χ1n) is 11.0. The van der Waals surface area contributed by atoms with Gasteiger partial charge in [-0.05, 0) is 31.1 Å². The fourth-order valence-electron chi connectivity index (χ4n) is 4.03. The average molecular weight is 492 g/mol. The number of methoxy groups -OCH3 is 3. The van der Waals surface area contributed by atoms with E-state index in [0.29, 0.717) is 50.8 Å². The number of hydrogen-bond acceptors (Lipinski definition) is 7. The Labute approximate surface area is 206 Å². The molecule has 0 saturated carbocycles. The molecule has 2 heterocycles. The molecule has 1 saturated heterocycles. The highest BCUT2D eigenvalue weighted by Gasteiger charge is 2.24. The molecule has 1 amide bonds. The third-order valence-electron chi connectivity index (χ3n) is 5.80. The first-order valence-corrected chi connectivity index (χ1v) is 11.9. The number of carbonyl (C=O) groups excluding carboxylic acids is 1. The van der Waals surface area contributed by atoms with Crippen LogP contribution in [-0.2, 0) is 4.79 Å². The second kappa shape index (κ2) is 10.5. The second-order valence-corrected chi connectivity index (χ2v) is 8.85. The van der Waals surface area contributed by atoms with E-state index in [-0.39, 0.29) is 17.0 Å². The normalized spacial score (nSPS) is 14.5. The first-order chi connectivity index (χ1) is 17.0. The van der Waals surface area contributed by atoms with Crippen LogP contribution in [0.2, 0.25) is 0 Å². The molecule has 0 atom stereocenters. The third-order valence-corrected chi connectivity index (χ3v) is 6.89. The summed E-state index contributed by atoms with van der Waals surface area (Å²) in [5, 5.41) is 9.99. The van der Waals surface area contributed by atoms with Crippen molar-refractivity contribution in [3.05, 3.63) is 67.6 Å². The molecule has 2 aromatic carbocycles. The molecule has 3 aromatic rings. The fourth-order valence-corrected chi connectivity index (χ4v) is 5.11. The lowest BCUT2D eigenvalue weighted by molar-refractivity contribution is -0.123. The minimum atomic E-state index is -0.359. The predicted octanol–water partition coefficient (Wildman–Crippen LogP) is 2.05. The molecule has 0 bridgehead atoms. The van der Waals surface area contributed by atoms with Crippen molar-refractivity contribution in [3.8, 4) is 29.0 Å². The van der Waals surface area contributed by atoms with Crippen molar-refractivity contribution in [2.24, 2.45) is 0 Å². The van der Waals surface area contributed by atoms with Crippen LogP contribution in [0.5, 0.6) is 17.2 Å². The van der Waals surface area contributed by atoms with Crippen molar-refractivity contribution >= 4 is 28.9 Å². The van der Waals surface area contributed by atoms with Crippen molar-refractivity contribution in [2.45, 2.75) is 12.8 Å². The molecule has 1 aliphatic heterocycles. The molecule has 35 heavy (non-hydrogen) atoms. The number of ether oxygens (including phenoxy) is 3. The van der Waals surface area contributed by atoms with Crippen molar-refractivity contribution < 1.29 is 19.0 Å². The smallest absolute Gasteiger partial charge is 0.273 e. The maximum atomic E-state index is 13.7. The molecule has 9 heteroatoms. The van der Waals surface area contributed by atoms with Crippen LogP contribution in [0.3, 0.4) is 0 Å². The summed E-state index contributed by atoms with van der Waals surface area (Å²) < 4.78 is 18.4. The van der Waals surface area contributed by atoms with Crippen LogP contribution >= 0.6 is 11.3 Å². The number of benzene rings is 2. The van der Waals surface area contributed by atoms with Crippen molar-refractivity contribution in [1.29, 1.82) is 5.26 Å². The number of rotatable bonds is 6. The summed E-state index contributed by atoms with van der Waals surface area (Å²) in [6.45, 7) is 1.20. The van der Waals surface area contributed by atoms with Crippen molar-refractivity contribution in [2.75, 3.05) is 34.4 Å². The van der Waals surface area contributed by atoms with E-state index in [1.54, 1.807) is 47.4 Å². The van der Waals surface area contributed by atoms with E-state index in [0.717, 1.165) is 24.2 Å². The quantitative estimate of drug-likeness (QED) is 0.524. The lowest BCUT2D eigenvalue weighted by Gasteiger charge is -2.14. The third kappa shape index (κ3) is 4.66. The van der Waals surface area contributed by atoms with E-state index in [9.17, 15) is 14.9 Å². The summed E-state index contributed by atoms with van der Waals surface area (Å²) in [4.78, 5) is 28.5. The highest BCUT2D eigenvalue weighted by molar-refractivity contribution is 7.07. The van der Waals surface area contributed by atoms with Gasteiger partial charge in [-0.3, -0.25) is 14.2 Å². The molecule has 0 unspecified atom stereocenters. The number of amides is 1. The van der Waals surface area contributed by atoms with Crippen molar-refractivity contribution in [1.82, 2.24) is 9.47 Å². The summed E-state index contributed by atoms with van der Waals surface area (Å²) in [5.74, 6) is 1.10. The van der Waals surface area contributed by atoms with Gasteiger partial charge < -0.3 is 19.1 Å². The largest absolute Gasteiger partial charge is 0.496 e. The van der Waals surface area contributed by atoms with Gasteiger partial charge in [0.25, 0.3) is 11.5 Å². The Bertz CT molecular complexity index is 1440. The SMILES string of the molecule is COc1cc(OC)c(/C=c2\s/c(=C(/C#N)C(=O)N3CCCC3)n(-c3ccccc3)c2=O)c(OC)c1. The molecule has 0 N–H and O–H groups in total. The number of hydrogen-bond donors (Lipinski definition) is 0. The number of nitriles is 1. The molecule has 8 nitrogen and oxygen atoms in total. The number of likely N-dealkylation sites (tertiary alicyclic amines) is 1. The number of carbonyl (C=O) groups is 1. The summed E-state index contributed by atoms with van der Waals surface area (Å²) in [6.07, 6.45) is 3.45. The van der Waals surface area contributed by atoms with Crippen LogP contribution in [0.25, 0.3) is 17.3 Å². The van der Waals surface area contributed by atoms with Gasteiger partial charge in [0.1, 0.15) is 28.0 Å². The molecular formula is C26H25N3O5S. The predicted molar refractivity (Wildman–Crippen MR) is 134 cm³/mol. The van der Waals surface area contributed by atoms with E-state index in [4.69, 9.17) is 14.2 Å². The standard InChI is InChI=1S/C26H25N3O5S/c1-32-18-13-21(33-2)19(22(14-18)34-3)15-23-25(31)29(17-9-5-4-6-10-17)26(35-23)20(16-27)24(30)28-11-7-8-12-28/h4-6,9-10,13-15H,7-8,11-12H2,1-3H3/b23-15-,26-20-. The monoisotopic (exact) mass is 491 g/mol. The van der Waals surface area contributed by atoms with Crippen LogP contribution in [0.15, 0.2) is 47.3 Å². The Kier molecular flexibility index (Phi) is 7.22. The number of thiazole rings is 1. The van der Waals surface area contributed by atoms with Gasteiger partial charge in [-0.15, -0.1) is 11.3 Å². The van der Waals surface area contributed by atoms with E-state index < -0.39 is 0 Å². The maximum absolute atomic E-state index is 13.7. The first kappa shape index (κ1) is 24.1. The average Bonchev–Trinajstić information content (AvgIpc) is 3.54. The summed E-state index contributed by atoms with van der Waals surface area (Å²) in [5.41, 5.74) is 0.716. The molecule has 180 valence electrons. The molecule has 0 aliphatic carbocycles. The highest BCUT2D eigenvalue weighted by atomic mass is 32.1. The number of para-hydroxylation sites is 1. The van der Waals surface area contributed by atoms with E-state index >= 15 is 0 Å². The Morgan fingerprint density at radius 1 is 1.03 bits per heavy atom. The van der Waals surface area contributed by atoms with Gasteiger partial charge in [0, 0.05) is 25.2 Å². The molecule has 1 aliphatic rings. The van der Waals surface area contributed by atoms with Crippen LogP contribution in [0, 0.1) is 11.3 Å². The Hall–Kier alpha value is -4.03. The summed E-state index contributed by atoms with van der Waals surface area (Å²) in [6, 6.07) is 14.4. The molecule has 1 fully saturated rings. The van der Waals surface area contributed by atoms with Crippen LogP contribution in [0.1, 0.15) is 18.4 Å². The maximum Gasteiger partial charge on any atom is 0.273 e. The molecule has 1 aromatic heterocycles. The lowest BCUT2D eigenvalue weighted by atomic mass is 10.1. The lowest BCUT2D eigenvalue weighted by Crippen LogP contribution is -2.35. The zero-order valence-corrected chi connectivity index (χ0v) is 20.6. The van der Waals surface area contributed by atoms with Gasteiger partial charge in [0.05, 0.1) is 37.1 Å². The Morgan fingerprint density at radius 2 is 1.66 bits per heavy atom. The molecule has 0 radical (unpaired) electrons. The number of aromatic nitrogens is 1. The zero-order chi connectivity index (χ0) is 24.9. The van der Waals surface area contributed by atoms with E-state index in [1.165, 1.54) is 25.9 Å². The Morgan fingerprint density at radius 3 is 2.20 bits per heavy atom. The fraction of sp³-hybridized carbons (Fsp3) is 0.269. The topological polar surface area (TPSA) is 93.8 Å². The van der Waals surface area contributed by atoms with Gasteiger partial charge in [-0.1, -0.05) is 18.2 Å². The molecule has 4 rings (SSSR count). The van der Waals surface area contributed by atoms with E-state index in [2.05, 4.69) is 6.07 Å². The van der Waals surface area contributed by atoms with Crippen LogP contribution < -0.4 is 29.0 Å². The zero-order valence-electron chi connectivity index (χ0n) is 19.7. The second-order valence-electron chi connectivity index (χ2n) is 7.82. The van der Waals surface area contributed by atoms with Gasteiger partial charge in [-0.25, -0.2) is 0 Å². The minimum Gasteiger partial charge on any atom is -0.496 e. The van der Waals surface area contributed by atoms with Gasteiger partial charge in [0.2, 0.25) is 0 Å². The van der Waals surface area contributed by atoms with Crippen LogP contribution in [0.4, 0.5) is 0 Å². The van der Waals surface area contributed by atoms with Gasteiger partial charge in [0.15, 0.2) is 5.57 Å². The Balaban J connectivity index is 2.05. The van der Waals surface area contributed by atoms with Gasteiger partial charge >= 0.3 is 0 Å². The highest BCUT2D eigenvalue weighted by Crippen LogP contribution is 2.34.